The number of carbonyl (C=O) groups is 1. The molecule has 108 valence electrons. The highest BCUT2D eigenvalue weighted by atomic mass is 16.1. The second-order valence-electron chi connectivity index (χ2n) is 6.06. The Morgan fingerprint density at radius 2 is 2.05 bits per heavy atom. The molecule has 1 amide bonds. The Morgan fingerprint density at radius 3 is 2.55 bits per heavy atom. The summed E-state index contributed by atoms with van der Waals surface area (Å²) in [5.41, 5.74) is 3.58. The van der Waals surface area contributed by atoms with Crippen molar-refractivity contribution in [1.82, 2.24) is 15.2 Å². The lowest BCUT2D eigenvalue weighted by Crippen LogP contribution is -2.13. The van der Waals surface area contributed by atoms with Crippen LogP contribution in [-0.2, 0) is 11.8 Å². The van der Waals surface area contributed by atoms with Gasteiger partial charge in [0.05, 0.1) is 5.56 Å². The zero-order valence-electron chi connectivity index (χ0n) is 12.7. The first-order chi connectivity index (χ1) is 9.31. The van der Waals surface area contributed by atoms with Crippen LogP contribution in [0.25, 0.3) is 0 Å². The molecular formula is C15H22N4O. The molecule has 0 atom stereocenters. The van der Waals surface area contributed by atoms with E-state index in [1.54, 1.807) is 0 Å². The summed E-state index contributed by atoms with van der Waals surface area (Å²) in [6.45, 7) is 10.3. The summed E-state index contributed by atoms with van der Waals surface area (Å²) in [6, 6.07) is 3.77. The molecule has 0 aliphatic carbocycles. The minimum Gasteiger partial charge on any atom is -0.361 e. The average molecular weight is 274 g/mol. The number of hydrogen-bond donors (Lipinski definition) is 3. The van der Waals surface area contributed by atoms with Crippen LogP contribution in [0.4, 0.5) is 5.82 Å². The fraction of sp³-hybridized carbons (Fsp3) is 0.467. The zero-order valence-corrected chi connectivity index (χ0v) is 12.7. The van der Waals surface area contributed by atoms with E-state index in [9.17, 15) is 4.79 Å². The molecule has 5 nitrogen and oxygen atoms in total. The van der Waals surface area contributed by atoms with Gasteiger partial charge in [-0.05, 0) is 19.4 Å². The Kier molecular flexibility index (Phi) is 3.70. The first-order valence-corrected chi connectivity index (χ1v) is 6.87. The summed E-state index contributed by atoms with van der Waals surface area (Å²) in [7, 11) is 0. The van der Waals surface area contributed by atoms with Crippen molar-refractivity contribution in [2.24, 2.45) is 0 Å². The molecule has 0 saturated carbocycles. The lowest BCUT2D eigenvalue weighted by molar-refractivity contribution is 0.102. The maximum atomic E-state index is 12.3. The number of aromatic amines is 2. The van der Waals surface area contributed by atoms with Gasteiger partial charge in [-0.2, -0.15) is 5.10 Å². The van der Waals surface area contributed by atoms with Gasteiger partial charge >= 0.3 is 0 Å². The molecule has 0 saturated heterocycles. The second-order valence-corrected chi connectivity index (χ2v) is 6.06. The number of carbonyl (C=O) groups excluding carboxylic acids is 1. The van der Waals surface area contributed by atoms with Crippen molar-refractivity contribution in [3.63, 3.8) is 0 Å². The zero-order chi connectivity index (χ0) is 14.9. The maximum Gasteiger partial charge on any atom is 0.258 e. The predicted octanol–water partition coefficient (Wildman–Crippen LogP) is 3.16. The summed E-state index contributed by atoms with van der Waals surface area (Å²) < 4.78 is 0. The number of nitrogens with one attached hydrogen (secondary N) is 3. The van der Waals surface area contributed by atoms with Crippen LogP contribution in [0, 0.1) is 6.92 Å². The third kappa shape index (κ3) is 2.92. The van der Waals surface area contributed by atoms with Crippen molar-refractivity contribution in [2.45, 2.75) is 46.5 Å². The van der Waals surface area contributed by atoms with E-state index in [1.165, 1.54) is 0 Å². The molecule has 2 rings (SSSR count). The lowest BCUT2D eigenvalue weighted by Gasteiger charge is -2.15. The van der Waals surface area contributed by atoms with E-state index >= 15 is 0 Å². The molecular weight excluding hydrogens is 252 g/mol. The third-order valence-corrected chi connectivity index (χ3v) is 3.32. The van der Waals surface area contributed by atoms with Crippen LogP contribution in [0.3, 0.4) is 0 Å². The molecule has 2 aromatic rings. The van der Waals surface area contributed by atoms with E-state index in [2.05, 4.69) is 41.3 Å². The number of nitrogens with zero attached hydrogens (tertiary/aromatic N) is 1. The minimum atomic E-state index is -0.136. The number of aromatic nitrogens is 3. The van der Waals surface area contributed by atoms with E-state index in [0.717, 1.165) is 23.5 Å². The first kappa shape index (κ1) is 14.4. The monoisotopic (exact) mass is 274 g/mol. The van der Waals surface area contributed by atoms with Gasteiger partial charge < -0.3 is 10.3 Å². The normalized spacial score (nSPS) is 11.7. The van der Waals surface area contributed by atoms with Crippen molar-refractivity contribution in [2.75, 3.05) is 5.32 Å². The largest absolute Gasteiger partial charge is 0.361 e. The minimum absolute atomic E-state index is 0.00892. The molecule has 2 heterocycles. The Bertz CT molecular complexity index is 616. The van der Waals surface area contributed by atoms with Gasteiger partial charge in [-0.15, -0.1) is 0 Å². The van der Waals surface area contributed by atoms with E-state index in [0.29, 0.717) is 11.4 Å². The molecule has 0 fully saturated rings. The highest BCUT2D eigenvalue weighted by molar-refractivity contribution is 6.04. The third-order valence-electron chi connectivity index (χ3n) is 3.32. The summed E-state index contributed by atoms with van der Waals surface area (Å²) in [5.74, 6) is 0.424. The molecule has 2 aromatic heterocycles. The topological polar surface area (TPSA) is 73.6 Å². The summed E-state index contributed by atoms with van der Waals surface area (Å²) >= 11 is 0. The number of amides is 1. The van der Waals surface area contributed by atoms with Crippen molar-refractivity contribution in [1.29, 1.82) is 0 Å². The van der Waals surface area contributed by atoms with Crippen molar-refractivity contribution in [3.05, 3.63) is 34.8 Å². The van der Waals surface area contributed by atoms with E-state index in [-0.39, 0.29) is 11.3 Å². The number of H-pyrrole nitrogens is 2. The number of hydrogen-bond acceptors (Lipinski definition) is 2. The van der Waals surface area contributed by atoms with Gasteiger partial charge in [0.15, 0.2) is 5.82 Å². The number of aryl methyl sites for hydroxylation is 2. The maximum absolute atomic E-state index is 12.3. The van der Waals surface area contributed by atoms with Gasteiger partial charge in [0.1, 0.15) is 0 Å². The molecule has 0 radical (unpaired) electrons. The average Bonchev–Trinajstić information content (AvgIpc) is 2.94. The fourth-order valence-electron chi connectivity index (χ4n) is 1.99. The summed E-state index contributed by atoms with van der Waals surface area (Å²) in [4.78, 5) is 15.6. The van der Waals surface area contributed by atoms with Crippen molar-refractivity contribution in [3.8, 4) is 0 Å². The first-order valence-electron chi connectivity index (χ1n) is 6.87. The van der Waals surface area contributed by atoms with Crippen LogP contribution in [0.2, 0.25) is 0 Å². The van der Waals surface area contributed by atoms with Crippen LogP contribution in [0.15, 0.2) is 12.1 Å². The Labute approximate surface area is 119 Å². The Morgan fingerprint density at radius 1 is 1.35 bits per heavy atom. The standard InChI is InChI=1S/C15H22N4O/c1-6-10-7-13(19-18-10)17-14(20)11-8-12(15(3,4)5)16-9(11)2/h7-8,16H,6H2,1-5H3,(H2,17,18,19,20). The Balaban J connectivity index is 2.19. The van der Waals surface area contributed by atoms with E-state index in [1.807, 2.05) is 26.0 Å². The van der Waals surface area contributed by atoms with Crippen molar-refractivity contribution < 1.29 is 4.79 Å². The number of anilines is 1. The van der Waals surface area contributed by atoms with Gasteiger partial charge in [0.25, 0.3) is 5.91 Å². The molecule has 20 heavy (non-hydrogen) atoms. The van der Waals surface area contributed by atoms with Gasteiger partial charge in [-0.25, -0.2) is 0 Å². The molecule has 0 aliphatic rings. The highest BCUT2D eigenvalue weighted by Gasteiger charge is 2.20. The van der Waals surface area contributed by atoms with Gasteiger partial charge in [-0.3, -0.25) is 9.89 Å². The lowest BCUT2D eigenvalue weighted by atomic mass is 9.92. The van der Waals surface area contributed by atoms with Gasteiger partial charge in [0.2, 0.25) is 0 Å². The quantitative estimate of drug-likeness (QED) is 0.804. The van der Waals surface area contributed by atoms with Crippen LogP contribution < -0.4 is 5.32 Å². The van der Waals surface area contributed by atoms with E-state index in [4.69, 9.17) is 0 Å². The molecule has 3 N–H and O–H groups in total. The Hall–Kier alpha value is -2.04. The van der Waals surface area contributed by atoms with Crippen molar-refractivity contribution >= 4 is 11.7 Å². The molecule has 0 unspecified atom stereocenters. The van der Waals surface area contributed by atoms with E-state index < -0.39 is 0 Å². The van der Waals surface area contributed by atoms with Crippen LogP contribution in [-0.4, -0.2) is 21.1 Å². The van der Waals surface area contributed by atoms with Crippen LogP contribution >= 0.6 is 0 Å². The highest BCUT2D eigenvalue weighted by Crippen LogP contribution is 2.24. The smallest absolute Gasteiger partial charge is 0.258 e. The van der Waals surface area contributed by atoms with Gasteiger partial charge in [-0.1, -0.05) is 27.7 Å². The molecule has 0 aliphatic heterocycles. The second kappa shape index (κ2) is 5.15. The fourth-order valence-corrected chi connectivity index (χ4v) is 1.99. The predicted molar refractivity (Wildman–Crippen MR) is 80.1 cm³/mol. The summed E-state index contributed by atoms with van der Waals surface area (Å²) in [5, 5.41) is 9.77. The molecule has 5 heteroatoms. The van der Waals surface area contributed by atoms with Gasteiger partial charge in [0, 0.05) is 28.6 Å². The number of rotatable bonds is 3. The molecule has 0 aromatic carbocycles. The van der Waals surface area contributed by atoms with Crippen LogP contribution in [0.1, 0.15) is 55.1 Å². The SMILES string of the molecule is CCc1cc(NC(=O)c2cc(C(C)(C)C)[nH]c2C)n[nH]1. The molecule has 0 bridgehead atoms. The van der Waals surface area contributed by atoms with Crippen LogP contribution in [0.5, 0.6) is 0 Å². The molecule has 0 spiro atoms. The summed E-state index contributed by atoms with van der Waals surface area (Å²) in [6.07, 6.45) is 0.861.